The molecule has 1 aromatic carbocycles. The van der Waals surface area contributed by atoms with Gasteiger partial charge in [-0.1, -0.05) is 25.1 Å². The van der Waals surface area contributed by atoms with Crippen molar-refractivity contribution in [1.29, 1.82) is 0 Å². The number of likely N-dealkylation sites (tertiary alicyclic amines) is 1. The van der Waals surface area contributed by atoms with E-state index in [0.29, 0.717) is 0 Å². The summed E-state index contributed by atoms with van der Waals surface area (Å²) in [7, 11) is 0. The predicted molar refractivity (Wildman–Crippen MR) is 111 cm³/mol. The van der Waals surface area contributed by atoms with E-state index in [1.165, 1.54) is 0 Å². The number of piperidine rings is 1. The average Bonchev–Trinajstić information content (AvgIpc) is 2.62. The number of hydrogen-bond donors (Lipinski definition) is 2. The number of halogens is 1. The Bertz CT molecular complexity index is 625. The third-order valence-corrected chi connectivity index (χ3v) is 5.42. The van der Waals surface area contributed by atoms with Gasteiger partial charge >= 0.3 is 5.97 Å². The van der Waals surface area contributed by atoms with E-state index < -0.39 is 5.97 Å². The Morgan fingerprint density at radius 2 is 1.81 bits per heavy atom. The first-order valence-corrected chi connectivity index (χ1v) is 9.40. The van der Waals surface area contributed by atoms with Gasteiger partial charge in [-0.3, -0.25) is 19.4 Å². The van der Waals surface area contributed by atoms with Gasteiger partial charge in [-0.25, -0.2) is 0 Å². The number of hydrogen-bond acceptors (Lipinski definition) is 4. The van der Waals surface area contributed by atoms with Crippen LogP contribution in [0.3, 0.4) is 0 Å². The van der Waals surface area contributed by atoms with Crippen LogP contribution in [0.4, 0.5) is 5.69 Å². The van der Waals surface area contributed by atoms with Crippen LogP contribution < -0.4 is 5.32 Å². The first kappa shape index (κ1) is 23.4. The van der Waals surface area contributed by atoms with E-state index in [2.05, 4.69) is 10.2 Å². The second-order valence-corrected chi connectivity index (χ2v) is 7.16. The number of carbonyl (C=O) groups is 2. The number of rotatable bonds is 7. The van der Waals surface area contributed by atoms with Gasteiger partial charge in [-0.05, 0) is 51.3 Å². The van der Waals surface area contributed by atoms with Gasteiger partial charge in [0, 0.05) is 24.8 Å². The Hall–Kier alpha value is -1.63. The number of aryl methyl sites for hydroxylation is 2. The van der Waals surface area contributed by atoms with E-state index in [9.17, 15) is 9.59 Å². The summed E-state index contributed by atoms with van der Waals surface area (Å²) in [6, 6.07) is 6.07. The highest BCUT2D eigenvalue weighted by atomic mass is 35.5. The molecule has 1 amide bonds. The van der Waals surface area contributed by atoms with E-state index in [-0.39, 0.29) is 36.9 Å². The molecule has 0 aromatic heterocycles. The van der Waals surface area contributed by atoms with Crippen LogP contribution in [0, 0.1) is 13.8 Å². The van der Waals surface area contributed by atoms with Crippen LogP contribution in [-0.2, 0) is 9.59 Å². The van der Waals surface area contributed by atoms with E-state index in [0.717, 1.165) is 49.3 Å². The molecule has 7 heteroatoms. The molecule has 1 heterocycles. The van der Waals surface area contributed by atoms with Gasteiger partial charge in [0.1, 0.15) is 0 Å². The molecule has 0 bridgehead atoms. The van der Waals surface area contributed by atoms with Crippen LogP contribution in [0.25, 0.3) is 0 Å². The van der Waals surface area contributed by atoms with Crippen molar-refractivity contribution < 1.29 is 14.7 Å². The fraction of sp³-hybridized carbons (Fsp3) is 0.600. The molecule has 1 atom stereocenters. The van der Waals surface area contributed by atoms with Crippen LogP contribution in [-0.4, -0.2) is 65.0 Å². The topological polar surface area (TPSA) is 72.9 Å². The summed E-state index contributed by atoms with van der Waals surface area (Å²) < 4.78 is 0. The van der Waals surface area contributed by atoms with Gasteiger partial charge in [-0.15, -0.1) is 12.4 Å². The lowest BCUT2D eigenvalue weighted by molar-refractivity contribution is -0.139. The Kier molecular flexibility index (Phi) is 9.22. The first-order chi connectivity index (χ1) is 12.3. The summed E-state index contributed by atoms with van der Waals surface area (Å²) in [5, 5.41) is 12.1. The lowest BCUT2D eigenvalue weighted by Gasteiger charge is -2.39. The monoisotopic (exact) mass is 397 g/mol. The molecule has 1 fully saturated rings. The Balaban J connectivity index is 0.00000364. The quantitative estimate of drug-likeness (QED) is 0.740. The third-order valence-electron chi connectivity index (χ3n) is 5.42. The van der Waals surface area contributed by atoms with Gasteiger partial charge in [0.2, 0.25) is 5.91 Å². The second kappa shape index (κ2) is 10.6. The van der Waals surface area contributed by atoms with Crippen molar-refractivity contribution in [1.82, 2.24) is 9.80 Å². The maximum Gasteiger partial charge on any atom is 0.317 e. The largest absolute Gasteiger partial charge is 0.480 e. The predicted octanol–water partition coefficient (Wildman–Crippen LogP) is 2.92. The van der Waals surface area contributed by atoms with Crippen molar-refractivity contribution in [3.63, 3.8) is 0 Å². The highest BCUT2D eigenvalue weighted by Crippen LogP contribution is 2.22. The van der Waals surface area contributed by atoms with Gasteiger partial charge < -0.3 is 10.4 Å². The van der Waals surface area contributed by atoms with Crippen LogP contribution in [0.2, 0.25) is 0 Å². The van der Waals surface area contributed by atoms with Gasteiger partial charge in [0.05, 0.1) is 12.6 Å². The van der Waals surface area contributed by atoms with Crippen LogP contribution >= 0.6 is 12.4 Å². The van der Waals surface area contributed by atoms with E-state index in [1.807, 2.05) is 50.8 Å². The number of anilines is 1. The molecule has 0 spiro atoms. The first-order valence-electron chi connectivity index (χ1n) is 9.40. The van der Waals surface area contributed by atoms with E-state index in [1.54, 1.807) is 0 Å². The minimum Gasteiger partial charge on any atom is -0.480 e. The molecule has 2 N–H and O–H groups in total. The number of aliphatic carboxylic acids is 1. The molecule has 0 aliphatic carbocycles. The summed E-state index contributed by atoms with van der Waals surface area (Å²) in [5.41, 5.74) is 3.03. The molecule has 6 nitrogen and oxygen atoms in total. The standard InChI is InChI=1S/C20H31N3O3.ClH/c1-5-22(13-18(24)25)17-9-11-23(12-10-17)16(4)20(26)21-19-14(2)7-6-8-15(19)3;/h6-8,16-17H,5,9-13H2,1-4H3,(H,21,26)(H,24,25);1H. The van der Waals surface area contributed by atoms with Crippen molar-refractivity contribution in [2.75, 3.05) is 31.5 Å². The number of benzene rings is 1. The van der Waals surface area contributed by atoms with E-state index in [4.69, 9.17) is 5.11 Å². The summed E-state index contributed by atoms with van der Waals surface area (Å²) in [4.78, 5) is 27.9. The molecule has 1 aliphatic rings. The van der Waals surface area contributed by atoms with Crippen molar-refractivity contribution in [2.24, 2.45) is 0 Å². The highest BCUT2D eigenvalue weighted by molar-refractivity contribution is 5.95. The molecular formula is C20H32ClN3O3. The molecule has 0 saturated carbocycles. The molecule has 1 aromatic rings. The molecule has 152 valence electrons. The Labute approximate surface area is 168 Å². The average molecular weight is 398 g/mol. The zero-order valence-electron chi connectivity index (χ0n) is 16.7. The summed E-state index contributed by atoms with van der Waals surface area (Å²) >= 11 is 0. The lowest BCUT2D eigenvalue weighted by atomic mass is 10.0. The zero-order chi connectivity index (χ0) is 19.3. The SMILES string of the molecule is CCN(CC(=O)O)C1CCN(C(C)C(=O)Nc2c(C)cccc2C)CC1.Cl. The number of para-hydroxylation sites is 1. The van der Waals surface area contributed by atoms with Crippen LogP contribution in [0.1, 0.15) is 37.8 Å². The highest BCUT2D eigenvalue weighted by Gasteiger charge is 2.29. The maximum absolute atomic E-state index is 12.7. The molecule has 0 radical (unpaired) electrons. The van der Waals surface area contributed by atoms with Crippen molar-refractivity contribution >= 4 is 30.0 Å². The van der Waals surface area contributed by atoms with Gasteiger partial charge in [-0.2, -0.15) is 0 Å². The number of carboxylic acid groups (broad SMARTS) is 1. The second-order valence-electron chi connectivity index (χ2n) is 7.16. The lowest BCUT2D eigenvalue weighted by Crippen LogP contribution is -2.51. The van der Waals surface area contributed by atoms with Crippen molar-refractivity contribution in [3.05, 3.63) is 29.3 Å². The summed E-state index contributed by atoms with van der Waals surface area (Å²) in [6.07, 6.45) is 1.78. The minimum absolute atomic E-state index is 0. The number of carbonyl (C=O) groups excluding carboxylic acids is 1. The van der Waals surface area contributed by atoms with Crippen molar-refractivity contribution in [2.45, 2.75) is 52.6 Å². The molecular weight excluding hydrogens is 366 g/mol. The molecule has 27 heavy (non-hydrogen) atoms. The van der Waals surface area contributed by atoms with Crippen molar-refractivity contribution in [3.8, 4) is 0 Å². The normalized spacial score (nSPS) is 16.6. The number of nitrogens with zero attached hydrogens (tertiary/aromatic N) is 2. The summed E-state index contributed by atoms with van der Waals surface area (Å²) in [6.45, 7) is 10.4. The maximum atomic E-state index is 12.7. The fourth-order valence-electron chi connectivity index (χ4n) is 3.72. The molecule has 2 rings (SSSR count). The zero-order valence-corrected chi connectivity index (χ0v) is 17.5. The number of nitrogens with one attached hydrogen (secondary N) is 1. The molecule has 1 aliphatic heterocycles. The van der Waals surface area contributed by atoms with Gasteiger partial charge in [0.15, 0.2) is 0 Å². The van der Waals surface area contributed by atoms with Crippen LogP contribution in [0.15, 0.2) is 18.2 Å². The smallest absolute Gasteiger partial charge is 0.317 e. The molecule has 1 unspecified atom stereocenters. The fourth-order valence-corrected chi connectivity index (χ4v) is 3.72. The number of likely N-dealkylation sites (N-methyl/N-ethyl adjacent to an activating group) is 1. The number of amides is 1. The Morgan fingerprint density at radius 3 is 2.30 bits per heavy atom. The third kappa shape index (κ3) is 6.19. The molecule has 1 saturated heterocycles. The summed E-state index contributed by atoms with van der Waals surface area (Å²) in [5.74, 6) is -0.769. The van der Waals surface area contributed by atoms with Crippen LogP contribution in [0.5, 0.6) is 0 Å². The number of carboxylic acids is 1. The van der Waals surface area contributed by atoms with Gasteiger partial charge in [0.25, 0.3) is 0 Å². The Morgan fingerprint density at radius 1 is 1.26 bits per heavy atom. The minimum atomic E-state index is -0.782. The van der Waals surface area contributed by atoms with E-state index >= 15 is 0 Å².